The van der Waals surface area contributed by atoms with Gasteiger partial charge in [0.15, 0.2) is 9.47 Å². The molecule has 0 amide bonds. The van der Waals surface area contributed by atoms with Gasteiger partial charge in [-0.05, 0) is 53.5 Å². The molecule has 4 rings (SSSR count). The zero-order chi connectivity index (χ0) is 21.4. The van der Waals surface area contributed by atoms with E-state index in [0.29, 0.717) is 41.6 Å². The first-order valence-electron chi connectivity index (χ1n) is 9.10. The van der Waals surface area contributed by atoms with E-state index >= 15 is 0 Å². The van der Waals surface area contributed by atoms with Gasteiger partial charge in [0.25, 0.3) is 5.56 Å². The lowest BCUT2D eigenvalue weighted by Crippen LogP contribution is -2.40. The molecule has 3 aromatic rings. The largest absolute Gasteiger partial charge is 0.463 e. The number of aromatic nitrogens is 1. The molecule has 2 aromatic heterocycles. The molecule has 3 heterocycles. The van der Waals surface area contributed by atoms with Crippen molar-refractivity contribution in [3.8, 4) is 0 Å². The van der Waals surface area contributed by atoms with Gasteiger partial charge in [0, 0.05) is 11.1 Å². The summed E-state index contributed by atoms with van der Waals surface area (Å²) in [6.45, 7) is 3.68. The summed E-state index contributed by atoms with van der Waals surface area (Å²) in [5.41, 5.74) is 1.13. The molecule has 9 heteroatoms. The Labute approximate surface area is 188 Å². The minimum absolute atomic E-state index is 0.211. The molecule has 1 unspecified atom stereocenters. The Hall–Kier alpha value is -2.42. The van der Waals surface area contributed by atoms with E-state index in [-0.39, 0.29) is 12.2 Å². The van der Waals surface area contributed by atoms with Crippen LogP contribution >= 0.6 is 38.9 Å². The third kappa shape index (κ3) is 3.71. The van der Waals surface area contributed by atoms with Crippen LogP contribution in [0.1, 0.15) is 31.2 Å². The van der Waals surface area contributed by atoms with Crippen LogP contribution in [-0.4, -0.2) is 17.1 Å². The molecule has 1 aromatic carbocycles. The van der Waals surface area contributed by atoms with E-state index in [1.807, 2.05) is 6.07 Å². The summed E-state index contributed by atoms with van der Waals surface area (Å²) in [5, 5.41) is 0.448. The third-order valence-electron chi connectivity index (χ3n) is 4.58. The second-order valence-electron chi connectivity index (χ2n) is 6.47. The smallest absolute Gasteiger partial charge is 0.338 e. The summed E-state index contributed by atoms with van der Waals surface area (Å²) in [7, 11) is 0. The van der Waals surface area contributed by atoms with Crippen molar-refractivity contribution in [1.29, 1.82) is 0 Å². The number of esters is 1. The fraction of sp³-hybridized carbons (Fsp3) is 0.190. The van der Waals surface area contributed by atoms with Crippen LogP contribution in [0, 0.1) is 0 Å². The molecule has 6 nitrogen and oxygen atoms in total. The Morgan fingerprint density at radius 1 is 1.37 bits per heavy atom. The van der Waals surface area contributed by atoms with Gasteiger partial charge in [-0.15, -0.1) is 0 Å². The number of benzene rings is 1. The number of rotatable bonds is 4. The maximum atomic E-state index is 13.4. The van der Waals surface area contributed by atoms with E-state index < -0.39 is 12.0 Å². The van der Waals surface area contributed by atoms with Gasteiger partial charge < -0.3 is 9.15 Å². The Kier molecular flexibility index (Phi) is 5.81. The van der Waals surface area contributed by atoms with E-state index in [1.54, 1.807) is 50.3 Å². The summed E-state index contributed by atoms with van der Waals surface area (Å²) in [5.74, 6) is 0.00989. The molecular weight excluding hydrogens is 492 g/mol. The van der Waals surface area contributed by atoms with E-state index in [1.165, 1.54) is 15.9 Å². The van der Waals surface area contributed by atoms with Crippen LogP contribution in [0.15, 0.2) is 66.5 Å². The van der Waals surface area contributed by atoms with Gasteiger partial charge in [0.1, 0.15) is 11.8 Å². The van der Waals surface area contributed by atoms with Gasteiger partial charge in [0.05, 0.1) is 22.4 Å². The highest BCUT2D eigenvalue weighted by atomic mass is 79.9. The lowest BCUT2D eigenvalue weighted by Gasteiger charge is -2.25. The highest BCUT2D eigenvalue weighted by molar-refractivity contribution is 9.10. The van der Waals surface area contributed by atoms with Gasteiger partial charge >= 0.3 is 5.97 Å². The van der Waals surface area contributed by atoms with E-state index in [0.717, 1.165) is 0 Å². The van der Waals surface area contributed by atoms with Crippen LogP contribution in [0.4, 0.5) is 0 Å². The van der Waals surface area contributed by atoms with Crippen molar-refractivity contribution in [1.82, 2.24) is 4.57 Å². The number of halogens is 2. The van der Waals surface area contributed by atoms with Crippen molar-refractivity contribution < 1.29 is 13.9 Å². The average Bonchev–Trinajstić information content (AvgIpc) is 3.24. The van der Waals surface area contributed by atoms with Crippen LogP contribution in [0.25, 0.3) is 6.08 Å². The summed E-state index contributed by atoms with van der Waals surface area (Å²) >= 11 is 10.9. The van der Waals surface area contributed by atoms with Crippen LogP contribution in [0.2, 0.25) is 5.02 Å². The summed E-state index contributed by atoms with van der Waals surface area (Å²) in [6.07, 6.45) is 1.65. The lowest BCUT2D eigenvalue weighted by atomic mass is 9.96. The Morgan fingerprint density at radius 3 is 2.80 bits per heavy atom. The molecule has 154 valence electrons. The number of fused-ring (bicyclic) bond motifs is 1. The average molecular weight is 508 g/mol. The van der Waals surface area contributed by atoms with Gasteiger partial charge in [-0.1, -0.05) is 41.1 Å². The highest BCUT2D eigenvalue weighted by Gasteiger charge is 2.34. The molecule has 0 aliphatic carbocycles. The van der Waals surface area contributed by atoms with Crippen LogP contribution < -0.4 is 14.9 Å². The molecule has 30 heavy (non-hydrogen) atoms. The normalized spacial score (nSPS) is 16.4. The molecule has 0 spiro atoms. The Bertz CT molecular complexity index is 1350. The SMILES string of the molecule is CCOC(=O)C1=C(C)N=c2sc(=Cc3ccc(Br)o3)c(=O)n2C1c1ccccc1Cl. The van der Waals surface area contributed by atoms with Gasteiger partial charge in [-0.2, -0.15) is 0 Å². The topological polar surface area (TPSA) is 73.8 Å². The number of furan rings is 1. The van der Waals surface area contributed by atoms with E-state index in [4.69, 9.17) is 20.8 Å². The predicted molar refractivity (Wildman–Crippen MR) is 118 cm³/mol. The van der Waals surface area contributed by atoms with Gasteiger partial charge in [0.2, 0.25) is 0 Å². The molecule has 1 atom stereocenters. The minimum Gasteiger partial charge on any atom is -0.463 e. The Balaban J connectivity index is 1.99. The first-order valence-corrected chi connectivity index (χ1v) is 11.1. The standard InChI is InChI=1S/C21H16BrClN2O4S/c1-3-28-20(27)17-11(2)24-21-25(18(17)13-6-4-5-7-14(13)23)19(26)15(30-21)10-12-8-9-16(22)29-12/h4-10,18H,3H2,1-2H3. The van der Waals surface area contributed by atoms with Gasteiger partial charge in [-0.3, -0.25) is 9.36 Å². The van der Waals surface area contributed by atoms with Crippen molar-refractivity contribution in [3.05, 3.63) is 88.4 Å². The molecule has 0 saturated carbocycles. The lowest BCUT2D eigenvalue weighted by molar-refractivity contribution is -0.139. The number of thiazole rings is 1. The number of carbonyl (C=O) groups excluding carboxylic acids is 1. The summed E-state index contributed by atoms with van der Waals surface area (Å²) in [6, 6.07) is 9.90. The number of ether oxygens (including phenoxy) is 1. The first kappa shape index (κ1) is 20.8. The zero-order valence-electron chi connectivity index (χ0n) is 16.0. The van der Waals surface area contributed by atoms with E-state index in [9.17, 15) is 9.59 Å². The number of hydrogen-bond donors (Lipinski definition) is 0. The minimum atomic E-state index is -0.737. The molecule has 0 N–H and O–H groups in total. The first-order chi connectivity index (χ1) is 14.4. The highest BCUT2D eigenvalue weighted by Crippen LogP contribution is 2.34. The molecule has 0 fully saturated rings. The molecule has 0 radical (unpaired) electrons. The van der Waals surface area contributed by atoms with E-state index in [2.05, 4.69) is 20.9 Å². The number of allylic oxidation sites excluding steroid dienone is 1. The van der Waals surface area contributed by atoms with Crippen molar-refractivity contribution in [2.45, 2.75) is 19.9 Å². The Morgan fingerprint density at radius 2 is 2.13 bits per heavy atom. The van der Waals surface area contributed by atoms with Gasteiger partial charge in [-0.25, -0.2) is 9.79 Å². The molecular formula is C21H16BrClN2O4S. The summed E-state index contributed by atoms with van der Waals surface area (Å²) < 4.78 is 13.3. The van der Waals surface area contributed by atoms with Crippen LogP contribution in [-0.2, 0) is 9.53 Å². The summed E-state index contributed by atoms with van der Waals surface area (Å²) in [4.78, 5) is 31.2. The molecule has 1 aliphatic heterocycles. The molecule has 0 saturated heterocycles. The second kappa shape index (κ2) is 8.37. The maximum Gasteiger partial charge on any atom is 0.338 e. The van der Waals surface area contributed by atoms with Crippen molar-refractivity contribution in [2.75, 3.05) is 6.61 Å². The van der Waals surface area contributed by atoms with Crippen LogP contribution in [0.3, 0.4) is 0 Å². The third-order valence-corrected chi connectivity index (χ3v) is 6.34. The fourth-order valence-corrected chi connectivity index (χ4v) is 4.90. The quantitative estimate of drug-likeness (QED) is 0.504. The maximum absolute atomic E-state index is 13.4. The van der Waals surface area contributed by atoms with Crippen molar-refractivity contribution in [2.24, 2.45) is 4.99 Å². The second-order valence-corrected chi connectivity index (χ2v) is 8.66. The molecule has 1 aliphatic rings. The number of hydrogen-bond acceptors (Lipinski definition) is 6. The predicted octanol–water partition coefficient (Wildman–Crippen LogP) is 3.81. The number of carbonyl (C=O) groups is 1. The van der Waals surface area contributed by atoms with Crippen LogP contribution in [0.5, 0.6) is 0 Å². The van der Waals surface area contributed by atoms with Crippen molar-refractivity contribution >= 4 is 50.9 Å². The van der Waals surface area contributed by atoms with Crippen molar-refractivity contribution in [3.63, 3.8) is 0 Å². The molecule has 0 bridgehead atoms. The zero-order valence-corrected chi connectivity index (χ0v) is 19.2. The number of nitrogens with zero attached hydrogens (tertiary/aromatic N) is 2. The fourth-order valence-electron chi connectivity index (χ4n) is 3.32. The monoisotopic (exact) mass is 506 g/mol.